The molecule has 124 valence electrons. The van der Waals surface area contributed by atoms with Crippen molar-refractivity contribution in [1.29, 1.82) is 0 Å². The van der Waals surface area contributed by atoms with E-state index in [9.17, 15) is 0 Å². The van der Waals surface area contributed by atoms with Gasteiger partial charge in [0.05, 0.1) is 6.54 Å². The highest BCUT2D eigenvalue weighted by Crippen LogP contribution is 2.14. The van der Waals surface area contributed by atoms with E-state index in [2.05, 4.69) is 65.3 Å². The van der Waals surface area contributed by atoms with Crippen molar-refractivity contribution in [3.63, 3.8) is 0 Å². The summed E-state index contributed by atoms with van der Waals surface area (Å²) < 4.78 is 4.83. The first-order valence-electron chi connectivity index (χ1n) is 8.41. The number of para-hydroxylation sites is 2. The molecule has 1 aromatic carbocycles. The van der Waals surface area contributed by atoms with Crippen molar-refractivity contribution in [3.8, 4) is 0 Å². The van der Waals surface area contributed by atoms with Gasteiger partial charge in [-0.1, -0.05) is 51.7 Å². The number of hydrogen-bond donors (Lipinski definition) is 0. The number of aryl methyl sites for hydroxylation is 1. The van der Waals surface area contributed by atoms with E-state index in [1.807, 2.05) is 0 Å². The Labute approximate surface area is 145 Å². The summed E-state index contributed by atoms with van der Waals surface area (Å²) in [7, 11) is 0. The van der Waals surface area contributed by atoms with Gasteiger partial charge in [0, 0.05) is 0 Å². The molecule has 0 unspecified atom stereocenters. The standard InChI is InChI=1S/C18H29N2S.ClH/c1-3-5-7-10-14-21-16-20-15-19(13-6-4-2)17-11-8-9-12-18(17)20;/h8-9,11-12,15H,3-7,10,13-14,16H2,1-2H3;1H/q+1;/p-1. The van der Waals surface area contributed by atoms with Gasteiger partial charge in [0.15, 0.2) is 11.0 Å². The Hall–Kier alpha value is -0.670. The lowest BCUT2D eigenvalue weighted by Gasteiger charge is -1.99. The van der Waals surface area contributed by atoms with Crippen LogP contribution in [0, 0.1) is 0 Å². The SMILES string of the molecule is CCCCCCSC[n+]1cn(CCCC)c2ccccc21.[Cl-]. The minimum absolute atomic E-state index is 0. The summed E-state index contributed by atoms with van der Waals surface area (Å²) in [5.41, 5.74) is 2.74. The Kier molecular flexibility index (Phi) is 9.65. The molecule has 0 saturated heterocycles. The van der Waals surface area contributed by atoms with Gasteiger partial charge < -0.3 is 12.4 Å². The summed E-state index contributed by atoms with van der Waals surface area (Å²) in [6, 6.07) is 8.78. The van der Waals surface area contributed by atoms with Crippen molar-refractivity contribution in [3.05, 3.63) is 30.6 Å². The lowest BCUT2D eigenvalue weighted by Crippen LogP contribution is -3.00. The maximum Gasteiger partial charge on any atom is 0.245 e. The van der Waals surface area contributed by atoms with Crippen molar-refractivity contribution in [2.24, 2.45) is 0 Å². The second-order valence-electron chi connectivity index (χ2n) is 5.72. The van der Waals surface area contributed by atoms with Gasteiger partial charge in [-0.05, 0) is 30.7 Å². The molecule has 0 saturated carbocycles. The number of fused-ring (bicyclic) bond motifs is 1. The second kappa shape index (κ2) is 11.0. The second-order valence-corrected chi connectivity index (χ2v) is 6.79. The van der Waals surface area contributed by atoms with Crippen LogP contribution >= 0.6 is 11.8 Å². The molecule has 0 N–H and O–H groups in total. The monoisotopic (exact) mass is 340 g/mol. The molecular weight excluding hydrogens is 312 g/mol. The first kappa shape index (κ1) is 19.4. The predicted molar refractivity (Wildman–Crippen MR) is 93.6 cm³/mol. The van der Waals surface area contributed by atoms with E-state index < -0.39 is 0 Å². The Balaban J connectivity index is 0.00000242. The molecule has 0 radical (unpaired) electrons. The molecule has 2 rings (SSSR count). The van der Waals surface area contributed by atoms with Crippen LogP contribution in [0.2, 0.25) is 0 Å². The third-order valence-corrected chi connectivity index (χ3v) is 4.94. The molecule has 22 heavy (non-hydrogen) atoms. The number of aromatic nitrogens is 2. The van der Waals surface area contributed by atoms with E-state index in [0.717, 1.165) is 12.4 Å². The minimum Gasteiger partial charge on any atom is -1.00 e. The maximum absolute atomic E-state index is 2.41. The van der Waals surface area contributed by atoms with E-state index in [-0.39, 0.29) is 12.4 Å². The van der Waals surface area contributed by atoms with Gasteiger partial charge in [-0.2, -0.15) is 0 Å². The lowest BCUT2D eigenvalue weighted by atomic mass is 10.2. The highest BCUT2D eigenvalue weighted by atomic mass is 35.5. The number of rotatable bonds is 10. The molecule has 0 atom stereocenters. The quantitative estimate of drug-likeness (QED) is 0.474. The summed E-state index contributed by atoms with van der Waals surface area (Å²) >= 11 is 2.06. The molecule has 0 fully saturated rings. The number of imidazole rings is 1. The number of hydrogen-bond acceptors (Lipinski definition) is 1. The molecule has 0 aliphatic rings. The number of thioether (sulfide) groups is 1. The van der Waals surface area contributed by atoms with Crippen LogP contribution in [0.15, 0.2) is 30.6 Å². The van der Waals surface area contributed by atoms with Gasteiger partial charge in [0.2, 0.25) is 6.33 Å². The van der Waals surface area contributed by atoms with Gasteiger partial charge in [0.25, 0.3) is 0 Å². The third kappa shape index (κ3) is 5.51. The van der Waals surface area contributed by atoms with E-state index in [0.29, 0.717) is 0 Å². The fraction of sp³-hybridized carbons (Fsp3) is 0.611. The smallest absolute Gasteiger partial charge is 0.245 e. The molecule has 0 bridgehead atoms. The molecule has 0 amide bonds. The number of unbranched alkanes of at least 4 members (excludes halogenated alkanes) is 4. The van der Waals surface area contributed by atoms with Crippen LogP contribution in [-0.4, -0.2) is 10.3 Å². The summed E-state index contributed by atoms with van der Waals surface area (Å²) in [5, 5.41) is 0. The van der Waals surface area contributed by atoms with Crippen LogP contribution in [0.4, 0.5) is 0 Å². The van der Waals surface area contributed by atoms with Crippen molar-refractivity contribution < 1.29 is 17.0 Å². The Morgan fingerprint density at radius 3 is 2.55 bits per heavy atom. The Morgan fingerprint density at radius 2 is 1.77 bits per heavy atom. The topological polar surface area (TPSA) is 8.81 Å². The Morgan fingerprint density at radius 1 is 1.00 bits per heavy atom. The molecule has 2 nitrogen and oxygen atoms in total. The molecule has 1 aromatic heterocycles. The van der Waals surface area contributed by atoms with E-state index in [1.54, 1.807) is 0 Å². The highest BCUT2D eigenvalue weighted by Gasteiger charge is 2.14. The number of nitrogens with zero attached hydrogens (tertiary/aromatic N) is 2. The number of benzene rings is 1. The maximum atomic E-state index is 2.41. The summed E-state index contributed by atoms with van der Waals surface area (Å²) in [6.45, 7) is 5.66. The molecule has 1 heterocycles. The largest absolute Gasteiger partial charge is 1.00 e. The normalized spacial score (nSPS) is 10.8. The van der Waals surface area contributed by atoms with Gasteiger partial charge in [0.1, 0.15) is 5.88 Å². The Bertz CT molecular complexity index is 539. The zero-order valence-electron chi connectivity index (χ0n) is 13.9. The summed E-state index contributed by atoms with van der Waals surface area (Å²) in [6.07, 6.45) is 10.2. The average molecular weight is 341 g/mol. The van der Waals surface area contributed by atoms with Gasteiger partial charge >= 0.3 is 0 Å². The summed E-state index contributed by atoms with van der Waals surface area (Å²) in [4.78, 5) is 0. The highest BCUT2D eigenvalue weighted by molar-refractivity contribution is 7.98. The first-order chi connectivity index (χ1) is 10.4. The van der Waals surface area contributed by atoms with Crippen molar-refractivity contribution in [2.45, 2.75) is 64.8 Å². The molecule has 4 heteroatoms. The van der Waals surface area contributed by atoms with Gasteiger partial charge in [-0.25, -0.2) is 9.13 Å². The van der Waals surface area contributed by atoms with Crippen LogP contribution in [0.5, 0.6) is 0 Å². The van der Waals surface area contributed by atoms with Crippen LogP contribution < -0.4 is 17.0 Å². The zero-order valence-corrected chi connectivity index (χ0v) is 15.5. The van der Waals surface area contributed by atoms with E-state index in [4.69, 9.17) is 0 Å². The van der Waals surface area contributed by atoms with Crippen LogP contribution in [0.3, 0.4) is 0 Å². The summed E-state index contributed by atoms with van der Waals surface area (Å²) in [5.74, 6) is 2.35. The van der Waals surface area contributed by atoms with Crippen molar-refractivity contribution in [1.82, 2.24) is 4.57 Å². The molecule has 0 aliphatic heterocycles. The van der Waals surface area contributed by atoms with Crippen LogP contribution in [-0.2, 0) is 12.4 Å². The minimum atomic E-state index is 0. The number of halogens is 1. The van der Waals surface area contributed by atoms with E-state index >= 15 is 0 Å². The zero-order chi connectivity index (χ0) is 14.9. The van der Waals surface area contributed by atoms with E-state index in [1.165, 1.54) is 55.3 Å². The molecule has 0 spiro atoms. The van der Waals surface area contributed by atoms with Crippen LogP contribution in [0.1, 0.15) is 52.4 Å². The molecular formula is C18H29ClN2S. The fourth-order valence-corrected chi connectivity index (χ4v) is 3.59. The van der Waals surface area contributed by atoms with Gasteiger partial charge in [-0.3, -0.25) is 0 Å². The third-order valence-electron chi connectivity index (χ3n) is 3.90. The molecule has 0 aliphatic carbocycles. The predicted octanol–water partition coefficient (Wildman–Crippen LogP) is 2.00. The van der Waals surface area contributed by atoms with Crippen molar-refractivity contribution >= 4 is 22.8 Å². The van der Waals surface area contributed by atoms with Gasteiger partial charge in [-0.15, -0.1) is 11.8 Å². The van der Waals surface area contributed by atoms with Crippen LogP contribution in [0.25, 0.3) is 11.0 Å². The molecule has 2 aromatic rings. The average Bonchev–Trinajstić information content (AvgIpc) is 2.87. The lowest BCUT2D eigenvalue weighted by molar-refractivity contribution is -0.650. The first-order valence-corrected chi connectivity index (χ1v) is 9.57. The fourth-order valence-electron chi connectivity index (χ4n) is 2.65. The van der Waals surface area contributed by atoms with Crippen molar-refractivity contribution in [2.75, 3.05) is 5.75 Å².